The maximum absolute atomic E-state index is 14.7. The molecule has 2 N–H and O–H groups in total. The van der Waals surface area contributed by atoms with Crippen molar-refractivity contribution in [1.82, 2.24) is 24.5 Å². The Morgan fingerprint density at radius 1 is 1.23 bits per heavy atom. The van der Waals surface area contributed by atoms with Crippen LogP contribution in [-0.2, 0) is 6.98 Å². The van der Waals surface area contributed by atoms with Crippen LogP contribution in [0, 0.1) is 12.7 Å². The van der Waals surface area contributed by atoms with E-state index in [9.17, 15) is 4.39 Å². The van der Waals surface area contributed by atoms with Gasteiger partial charge in [0, 0.05) is 34.7 Å². The molecule has 7 nitrogen and oxygen atoms in total. The lowest BCUT2D eigenvalue weighted by Gasteiger charge is -2.07. The highest BCUT2D eigenvalue weighted by Crippen LogP contribution is 2.34. The summed E-state index contributed by atoms with van der Waals surface area (Å²) in [5.41, 5.74) is 7.57. The van der Waals surface area contributed by atoms with E-state index in [1.807, 2.05) is 0 Å². The Labute approximate surface area is 152 Å². The topological polar surface area (TPSA) is 91.7 Å². The highest BCUT2D eigenvalue weighted by Gasteiger charge is 2.15. The minimum absolute atomic E-state index is 0.0216. The van der Waals surface area contributed by atoms with Gasteiger partial charge < -0.3 is 15.0 Å². The second-order valence-electron chi connectivity index (χ2n) is 5.60. The van der Waals surface area contributed by atoms with Crippen LogP contribution in [0.15, 0.2) is 43.0 Å². The van der Waals surface area contributed by atoms with Gasteiger partial charge in [-0.05, 0) is 30.7 Å². The van der Waals surface area contributed by atoms with Crippen LogP contribution in [0.2, 0.25) is 0 Å². The maximum atomic E-state index is 14.7. The summed E-state index contributed by atoms with van der Waals surface area (Å²) in [6.45, 7) is -0.720. The van der Waals surface area contributed by atoms with E-state index >= 15 is 0 Å². The quantitative estimate of drug-likeness (QED) is 0.608. The van der Waals surface area contributed by atoms with Gasteiger partial charge in [0.1, 0.15) is 17.8 Å². The number of hydrogen-bond donors (Lipinski definition) is 1. The van der Waals surface area contributed by atoms with Gasteiger partial charge in [0.2, 0.25) is 0 Å². The third-order valence-electron chi connectivity index (χ3n) is 3.83. The smallest absolute Gasteiger partial charge is 0.322 e. The number of benzene rings is 1. The molecule has 130 valence electrons. The summed E-state index contributed by atoms with van der Waals surface area (Å²) in [4.78, 5) is 16.0. The number of aromatic nitrogens is 5. The first-order valence-corrected chi connectivity index (χ1v) is 7.63. The lowest BCUT2D eigenvalue weighted by atomic mass is 10.1. The number of rotatable bonds is 3. The maximum Gasteiger partial charge on any atom is 0.322 e. The molecule has 1 aromatic carbocycles. The van der Waals surface area contributed by atoms with Gasteiger partial charge in [-0.25, -0.2) is 24.3 Å². The van der Waals surface area contributed by atoms with E-state index in [4.69, 9.17) is 14.6 Å². The van der Waals surface area contributed by atoms with E-state index in [-0.39, 0.29) is 23.2 Å². The van der Waals surface area contributed by atoms with E-state index in [0.29, 0.717) is 22.2 Å². The highest BCUT2D eigenvalue weighted by molar-refractivity contribution is 6.00. The summed E-state index contributed by atoms with van der Waals surface area (Å²) in [6.07, 6.45) is 4.06. The first-order valence-electron chi connectivity index (χ1n) is 9.13. The molecule has 0 unspecified atom stereocenters. The number of nitrogens with zero attached hydrogens (tertiary/aromatic N) is 5. The minimum atomic E-state index is -2.48. The summed E-state index contributed by atoms with van der Waals surface area (Å²) in [5.74, 6) is -0.636. The van der Waals surface area contributed by atoms with Crippen molar-refractivity contribution in [3.05, 3.63) is 54.5 Å². The zero-order chi connectivity index (χ0) is 20.8. The molecule has 0 fully saturated rings. The molecule has 3 aromatic heterocycles. The van der Waals surface area contributed by atoms with Crippen LogP contribution in [0.5, 0.6) is 11.8 Å². The molecular formula is C18H15FN6O. The first kappa shape index (κ1) is 12.8. The lowest BCUT2D eigenvalue weighted by Crippen LogP contribution is -1.95. The molecule has 0 atom stereocenters. The van der Waals surface area contributed by atoms with Crippen LogP contribution in [-0.4, -0.2) is 24.5 Å². The molecule has 0 radical (unpaired) electrons. The Bertz CT molecular complexity index is 1220. The zero-order valence-electron chi connectivity index (χ0n) is 16.6. The minimum Gasteiger partial charge on any atom is -0.421 e. The number of anilines is 1. The predicted octanol–water partition coefficient (Wildman–Crippen LogP) is 3.25. The molecule has 4 rings (SSSR count). The predicted molar refractivity (Wildman–Crippen MR) is 95.2 cm³/mol. The van der Waals surface area contributed by atoms with E-state index in [0.717, 1.165) is 4.57 Å². The number of fused-ring (bicyclic) bond motifs is 1. The van der Waals surface area contributed by atoms with Crippen molar-refractivity contribution >= 4 is 16.9 Å². The van der Waals surface area contributed by atoms with Gasteiger partial charge in [0.15, 0.2) is 11.6 Å². The van der Waals surface area contributed by atoms with Crippen LogP contribution in [0.3, 0.4) is 0 Å². The Kier molecular flexibility index (Phi) is 2.98. The second-order valence-corrected chi connectivity index (χ2v) is 5.60. The van der Waals surface area contributed by atoms with Gasteiger partial charge in [-0.2, -0.15) is 0 Å². The fourth-order valence-corrected chi connectivity index (χ4v) is 2.63. The van der Waals surface area contributed by atoms with Gasteiger partial charge >= 0.3 is 6.01 Å². The normalized spacial score (nSPS) is 13.2. The Hall–Kier alpha value is -3.55. The Balaban J connectivity index is 1.80. The summed E-state index contributed by atoms with van der Waals surface area (Å²) in [5, 5.41) is 0.332. The summed E-state index contributed by atoms with van der Waals surface area (Å²) >= 11 is 0. The Morgan fingerprint density at radius 2 is 2.12 bits per heavy atom. The number of ether oxygens (including phenoxy) is 1. The third kappa shape index (κ3) is 2.71. The largest absolute Gasteiger partial charge is 0.421 e. The fourth-order valence-electron chi connectivity index (χ4n) is 2.63. The molecule has 0 spiro atoms. The number of halogens is 1. The summed E-state index contributed by atoms with van der Waals surface area (Å²) < 4.78 is 44.2. The van der Waals surface area contributed by atoms with E-state index in [1.54, 1.807) is 19.1 Å². The first-order chi connectivity index (χ1) is 13.7. The van der Waals surface area contributed by atoms with Gasteiger partial charge in [0.25, 0.3) is 0 Å². The molecule has 3 heterocycles. The Morgan fingerprint density at radius 3 is 2.88 bits per heavy atom. The summed E-state index contributed by atoms with van der Waals surface area (Å²) in [6, 6.07) is 5.93. The van der Waals surface area contributed by atoms with E-state index in [1.165, 1.54) is 30.9 Å². The van der Waals surface area contributed by atoms with Gasteiger partial charge in [0.05, 0.1) is 5.39 Å². The standard InChI is InChI=1S/C18H15FN6O/c1-10-5-6-21-18(24-10)26-14-4-3-11(7-13(14)19)12-8-25(2)17-15(12)16(20)22-9-23-17/h3-9H,1-2H3,(H2,20,22,23)/i2D3. The molecule has 8 heteroatoms. The fraction of sp³-hybridized carbons (Fsp3) is 0.111. The lowest BCUT2D eigenvalue weighted by molar-refractivity contribution is 0.410. The molecular weight excluding hydrogens is 335 g/mol. The van der Waals surface area contributed by atoms with Crippen molar-refractivity contribution in [2.24, 2.45) is 6.98 Å². The average Bonchev–Trinajstić information content (AvgIpc) is 3.05. The van der Waals surface area contributed by atoms with Crippen LogP contribution in [0.25, 0.3) is 22.2 Å². The van der Waals surface area contributed by atoms with Crippen molar-refractivity contribution in [3.63, 3.8) is 0 Å². The van der Waals surface area contributed by atoms with Crippen molar-refractivity contribution in [3.8, 4) is 22.9 Å². The number of nitrogens with two attached hydrogens (primary N) is 1. The van der Waals surface area contributed by atoms with Crippen molar-refractivity contribution in [2.45, 2.75) is 6.92 Å². The second kappa shape index (κ2) is 6.07. The average molecular weight is 353 g/mol. The molecule has 0 amide bonds. The molecule has 0 aliphatic heterocycles. The van der Waals surface area contributed by atoms with Gasteiger partial charge in [-0.3, -0.25) is 0 Å². The van der Waals surface area contributed by atoms with Crippen LogP contribution >= 0.6 is 0 Å². The van der Waals surface area contributed by atoms with Crippen molar-refractivity contribution in [1.29, 1.82) is 0 Å². The van der Waals surface area contributed by atoms with Crippen LogP contribution < -0.4 is 10.5 Å². The molecule has 26 heavy (non-hydrogen) atoms. The van der Waals surface area contributed by atoms with Crippen LogP contribution in [0.4, 0.5) is 10.2 Å². The zero-order valence-corrected chi connectivity index (χ0v) is 13.6. The molecule has 0 saturated heterocycles. The van der Waals surface area contributed by atoms with Gasteiger partial charge in [-0.1, -0.05) is 6.07 Å². The molecule has 0 aliphatic rings. The van der Waals surface area contributed by atoms with Crippen LogP contribution in [0.1, 0.15) is 9.81 Å². The van der Waals surface area contributed by atoms with Crippen molar-refractivity contribution in [2.75, 3.05) is 5.73 Å². The molecule has 4 aromatic rings. The highest BCUT2D eigenvalue weighted by atomic mass is 19.1. The third-order valence-corrected chi connectivity index (χ3v) is 3.83. The SMILES string of the molecule is [2H]C([2H])([2H])n1cc(-c2ccc(Oc3nccc(C)n3)c(F)c2)c2c(N)ncnc21. The monoisotopic (exact) mass is 353 g/mol. The summed E-state index contributed by atoms with van der Waals surface area (Å²) in [7, 11) is 0. The number of nitrogen functional groups attached to an aromatic ring is 1. The molecule has 0 aliphatic carbocycles. The van der Waals surface area contributed by atoms with E-state index in [2.05, 4.69) is 19.9 Å². The number of aryl methyl sites for hydroxylation is 2. The van der Waals surface area contributed by atoms with Gasteiger partial charge in [-0.15, -0.1) is 0 Å². The molecule has 0 bridgehead atoms. The van der Waals surface area contributed by atoms with Crippen molar-refractivity contribution < 1.29 is 13.2 Å². The molecule has 0 saturated carbocycles. The van der Waals surface area contributed by atoms with E-state index < -0.39 is 12.8 Å². The number of hydrogen-bond acceptors (Lipinski definition) is 6.